The van der Waals surface area contributed by atoms with Crippen molar-refractivity contribution in [3.63, 3.8) is 0 Å². The summed E-state index contributed by atoms with van der Waals surface area (Å²) < 4.78 is 0. The van der Waals surface area contributed by atoms with E-state index in [9.17, 15) is 0 Å². The fraction of sp³-hybridized carbons (Fsp3) is 0.0625. The molecule has 0 aromatic heterocycles. The molecule has 0 heteroatoms. The van der Waals surface area contributed by atoms with Crippen LogP contribution in [0.5, 0.6) is 0 Å². The smallest absolute Gasteiger partial charge is 0.0622 e. The van der Waals surface area contributed by atoms with Crippen molar-refractivity contribution in [1.82, 2.24) is 0 Å². The predicted molar refractivity (Wildman–Crippen MR) is 400 cm³/mol. The van der Waals surface area contributed by atoms with Crippen molar-refractivity contribution in [1.29, 1.82) is 0 Å². The van der Waals surface area contributed by atoms with Gasteiger partial charge in [0.2, 0.25) is 0 Å². The highest BCUT2D eigenvalue weighted by molar-refractivity contribution is 6.00. The molecule has 452 valence electrons. The Morgan fingerprint density at radius 3 is 1.10 bits per heavy atom. The first kappa shape index (κ1) is 57.0. The van der Waals surface area contributed by atoms with E-state index in [-0.39, 0.29) is 0 Å². The van der Waals surface area contributed by atoms with Gasteiger partial charge in [0.1, 0.15) is 0 Å². The molecule has 0 heterocycles. The van der Waals surface area contributed by atoms with Gasteiger partial charge < -0.3 is 0 Å². The Morgan fingerprint density at radius 2 is 0.542 bits per heavy atom. The molecule has 0 N–H and O–H groups in total. The van der Waals surface area contributed by atoms with E-state index in [1.54, 1.807) is 0 Å². The van der Waals surface area contributed by atoms with E-state index in [0.29, 0.717) is 0 Å². The van der Waals surface area contributed by atoms with E-state index >= 15 is 0 Å². The van der Waals surface area contributed by atoms with Crippen molar-refractivity contribution < 1.29 is 0 Å². The number of rotatable bonds is 11. The van der Waals surface area contributed by atoms with E-state index in [0.717, 1.165) is 0 Å². The van der Waals surface area contributed by atoms with Gasteiger partial charge in [0.15, 0.2) is 0 Å². The predicted octanol–water partition coefficient (Wildman–Crippen LogP) is 24.0. The fourth-order valence-electron chi connectivity index (χ4n) is 17.4. The molecule has 0 aliphatic heterocycles. The molecule has 0 spiro atoms. The average molecular weight is 1220 g/mol. The van der Waals surface area contributed by atoms with Gasteiger partial charge >= 0.3 is 0 Å². The van der Waals surface area contributed by atoms with Crippen LogP contribution in [0.25, 0.3) is 89.0 Å². The highest BCUT2D eigenvalue weighted by Gasteiger charge is 2.50. The Morgan fingerprint density at radius 1 is 0.156 bits per heavy atom. The molecule has 0 fully saturated rings. The van der Waals surface area contributed by atoms with Gasteiger partial charge in [0.05, 0.1) is 16.2 Å². The maximum Gasteiger partial charge on any atom is 0.0714 e. The molecule has 15 aromatic carbocycles. The van der Waals surface area contributed by atoms with Crippen LogP contribution in [0.3, 0.4) is 0 Å². The standard InChI is InChI=1S/C96H68/c1-63-45-49-66(50-46-63)78-40-24-44-89-92(78)80-38-17-21-43-88(80)96(89,75-34-14-7-15-35-75)77-36-23-27-70(58-77)82-61-85-79-37-16-19-41-86(79)94(72-28-8-4-9-29-72,90(85)62-83(82)67-51-47-64(2)48-52-67)76-55-53-68(54-56-76)84-59-71(69-26-22-25-65(3)57-69)60-91-93(84)81-39-18-20-42-87(81)95(91,73-30-10-5-11-31-73)74-32-12-6-13-33-74/h4-62H,1-3H3. The van der Waals surface area contributed by atoms with E-state index in [1.165, 1.54) is 172 Å². The Bertz CT molecular complexity index is 5470. The molecule has 15 aromatic rings. The van der Waals surface area contributed by atoms with Crippen molar-refractivity contribution in [2.45, 2.75) is 37.0 Å². The van der Waals surface area contributed by atoms with Gasteiger partial charge in [-0.05, 0) is 207 Å². The number of fused-ring (bicyclic) bond motifs is 9. The third kappa shape index (κ3) is 8.48. The van der Waals surface area contributed by atoms with Crippen molar-refractivity contribution in [3.8, 4) is 89.0 Å². The quantitative estimate of drug-likeness (QED) is 0.121. The maximum atomic E-state index is 2.58. The van der Waals surface area contributed by atoms with Gasteiger partial charge in [-0.25, -0.2) is 0 Å². The van der Waals surface area contributed by atoms with Crippen LogP contribution >= 0.6 is 0 Å². The van der Waals surface area contributed by atoms with Gasteiger partial charge in [-0.1, -0.05) is 344 Å². The van der Waals surface area contributed by atoms with Crippen LogP contribution in [-0.4, -0.2) is 0 Å². The Hall–Kier alpha value is -11.7. The number of hydrogen-bond acceptors (Lipinski definition) is 0. The molecule has 0 saturated heterocycles. The zero-order chi connectivity index (χ0) is 64.1. The molecule has 2 unspecified atom stereocenters. The summed E-state index contributed by atoms with van der Waals surface area (Å²) in [4.78, 5) is 0. The summed E-state index contributed by atoms with van der Waals surface area (Å²) in [6.45, 7) is 6.56. The molecular formula is C96H68. The van der Waals surface area contributed by atoms with Crippen LogP contribution in [0.4, 0.5) is 0 Å². The first-order valence-electron chi connectivity index (χ1n) is 33.8. The highest BCUT2D eigenvalue weighted by Crippen LogP contribution is 2.63. The van der Waals surface area contributed by atoms with Crippen molar-refractivity contribution >= 4 is 0 Å². The molecule has 0 bridgehead atoms. The second kappa shape index (κ2) is 22.5. The molecule has 0 radical (unpaired) electrons. The van der Waals surface area contributed by atoms with Crippen molar-refractivity contribution in [2.24, 2.45) is 0 Å². The minimum absolute atomic E-state index is 0.574. The third-order valence-electron chi connectivity index (χ3n) is 21.5. The summed E-state index contributed by atoms with van der Waals surface area (Å²) >= 11 is 0. The second-order valence-corrected chi connectivity index (χ2v) is 26.7. The molecule has 3 aliphatic carbocycles. The van der Waals surface area contributed by atoms with E-state index in [1.807, 2.05) is 0 Å². The van der Waals surface area contributed by atoms with Crippen molar-refractivity contribution in [3.05, 3.63) is 441 Å². The topological polar surface area (TPSA) is 0 Å². The zero-order valence-corrected chi connectivity index (χ0v) is 54.1. The number of aryl methyl sites for hydroxylation is 3. The molecule has 96 heavy (non-hydrogen) atoms. The minimum Gasteiger partial charge on any atom is -0.0622 e. The molecule has 18 rings (SSSR count). The van der Waals surface area contributed by atoms with Crippen LogP contribution < -0.4 is 0 Å². The molecule has 0 nitrogen and oxygen atoms in total. The van der Waals surface area contributed by atoms with Gasteiger partial charge in [-0.3, -0.25) is 0 Å². The summed E-state index contributed by atoms with van der Waals surface area (Å²) in [5.74, 6) is 0. The fourth-order valence-corrected chi connectivity index (χ4v) is 17.4. The largest absolute Gasteiger partial charge is 0.0714 e. The number of benzene rings is 15. The molecule has 0 saturated carbocycles. The lowest BCUT2D eigenvalue weighted by Gasteiger charge is -2.35. The molecular weight excluding hydrogens is 1150 g/mol. The lowest BCUT2D eigenvalue weighted by Crippen LogP contribution is -2.29. The van der Waals surface area contributed by atoms with Gasteiger partial charge in [-0.2, -0.15) is 0 Å². The van der Waals surface area contributed by atoms with E-state index < -0.39 is 16.2 Å². The normalized spacial score (nSPS) is 15.8. The maximum absolute atomic E-state index is 2.58. The SMILES string of the molecule is Cc1ccc(-c2cc3c(cc2-c2cccc(C4(c5ccccc5)c5ccccc5-c5c(-c6ccc(C)cc6)cccc54)c2)-c2ccccc2C3(c2ccccc2)c2ccc(-c3cc(-c4cccc(C)c4)cc4c3-c3ccccc3C4(c3ccccc3)c3ccccc3)cc2)cc1. The van der Waals surface area contributed by atoms with Crippen LogP contribution in [0.15, 0.2) is 358 Å². The molecule has 2 atom stereocenters. The highest BCUT2D eigenvalue weighted by atomic mass is 14.5. The zero-order valence-electron chi connectivity index (χ0n) is 54.1. The van der Waals surface area contributed by atoms with E-state index in [4.69, 9.17) is 0 Å². The molecule has 3 aliphatic rings. The Labute approximate surface area is 563 Å². The molecule has 0 amide bonds. The van der Waals surface area contributed by atoms with Gasteiger partial charge in [0, 0.05) is 0 Å². The lowest BCUT2D eigenvalue weighted by atomic mass is 9.66. The van der Waals surface area contributed by atoms with Crippen LogP contribution in [0, 0.1) is 20.8 Å². The van der Waals surface area contributed by atoms with E-state index in [2.05, 4.69) is 379 Å². The summed E-state index contributed by atoms with van der Waals surface area (Å²) in [5, 5.41) is 0. The summed E-state index contributed by atoms with van der Waals surface area (Å²) in [7, 11) is 0. The summed E-state index contributed by atoms with van der Waals surface area (Å²) in [6.07, 6.45) is 0. The summed E-state index contributed by atoms with van der Waals surface area (Å²) in [5.41, 5.74) is 36.6. The first-order chi connectivity index (χ1) is 47.3. The Balaban J connectivity index is 0.860. The second-order valence-electron chi connectivity index (χ2n) is 26.7. The Kier molecular flexibility index (Phi) is 13.4. The monoisotopic (exact) mass is 1220 g/mol. The van der Waals surface area contributed by atoms with Crippen LogP contribution in [0.1, 0.15) is 83.5 Å². The van der Waals surface area contributed by atoms with Crippen LogP contribution in [0.2, 0.25) is 0 Å². The van der Waals surface area contributed by atoms with Crippen LogP contribution in [-0.2, 0) is 16.2 Å². The average Bonchev–Trinajstić information content (AvgIpc) is 1.41. The third-order valence-corrected chi connectivity index (χ3v) is 21.5. The lowest BCUT2D eigenvalue weighted by molar-refractivity contribution is 0.768. The number of hydrogen-bond donors (Lipinski definition) is 0. The van der Waals surface area contributed by atoms with Crippen molar-refractivity contribution in [2.75, 3.05) is 0 Å². The first-order valence-corrected chi connectivity index (χ1v) is 33.8. The summed E-state index contributed by atoms with van der Waals surface area (Å²) in [6, 6.07) is 136. The van der Waals surface area contributed by atoms with Gasteiger partial charge in [-0.15, -0.1) is 0 Å². The minimum atomic E-state index is -0.691. The van der Waals surface area contributed by atoms with Gasteiger partial charge in [0.25, 0.3) is 0 Å².